The topological polar surface area (TPSA) is 32.3 Å². The van der Waals surface area contributed by atoms with Crippen LogP contribution in [0.1, 0.15) is 45.7 Å². The van der Waals surface area contributed by atoms with Crippen molar-refractivity contribution >= 4 is 0 Å². The van der Waals surface area contributed by atoms with E-state index in [0.29, 0.717) is 0 Å². The molecule has 2 N–H and O–H groups in total. The van der Waals surface area contributed by atoms with Crippen LogP contribution in [-0.2, 0) is 12.0 Å². The molecule has 0 atom stereocenters. The summed E-state index contributed by atoms with van der Waals surface area (Å²) in [4.78, 5) is 0. The van der Waals surface area contributed by atoms with Crippen molar-refractivity contribution in [3.8, 4) is 0 Å². The van der Waals surface area contributed by atoms with Gasteiger partial charge in [0.15, 0.2) is 0 Å². The van der Waals surface area contributed by atoms with Crippen molar-refractivity contribution in [3.63, 3.8) is 0 Å². The van der Waals surface area contributed by atoms with E-state index in [0.717, 1.165) is 6.54 Å². The van der Waals surface area contributed by atoms with Gasteiger partial charge < -0.3 is 10.4 Å². The Hall–Kier alpha value is -0.860. The molecule has 0 saturated carbocycles. The van der Waals surface area contributed by atoms with Gasteiger partial charge in [-0.05, 0) is 30.4 Å². The third-order valence-corrected chi connectivity index (χ3v) is 2.98. The first-order valence-electron chi connectivity index (χ1n) is 6.20. The molecule has 0 radical (unpaired) electrons. The van der Waals surface area contributed by atoms with Crippen molar-refractivity contribution in [2.24, 2.45) is 0 Å². The van der Waals surface area contributed by atoms with E-state index < -0.39 is 0 Å². The van der Waals surface area contributed by atoms with Gasteiger partial charge in [0, 0.05) is 12.1 Å². The Morgan fingerprint density at radius 2 is 1.65 bits per heavy atom. The summed E-state index contributed by atoms with van der Waals surface area (Å²) in [5, 5.41) is 12.6. The predicted octanol–water partition coefficient (Wildman–Crippen LogP) is 2.84. The number of aliphatic hydroxyl groups excluding tert-OH is 1. The lowest BCUT2D eigenvalue weighted by Crippen LogP contribution is -2.42. The summed E-state index contributed by atoms with van der Waals surface area (Å²) in [6.45, 7) is 11.6. The van der Waals surface area contributed by atoms with E-state index in [1.54, 1.807) is 0 Å². The number of nitrogens with one attached hydrogen (secondary N) is 1. The molecule has 1 aromatic rings. The molecule has 0 aromatic heterocycles. The summed E-state index contributed by atoms with van der Waals surface area (Å²) in [5.74, 6) is 0. The van der Waals surface area contributed by atoms with Gasteiger partial charge >= 0.3 is 0 Å². The molecule has 2 heteroatoms. The minimum Gasteiger partial charge on any atom is -0.394 e. The highest BCUT2D eigenvalue weighted by Gasteiger charge is 2.19. The number of aliphatic hydroxyl groups is 1. The van der Waals surface area contributed by atoms with Crippen LogP contribution in [0.2, 0.25) is 0 Å². The molecule has 0 aliphatic carbocycles. The van der Waals surface area contributed by atoms with Crippen LogP contribution < -0.4 is 5.32 Å². The van der Waals surface area contributed by atoms with Crippen LogP contribution in [0.5, 0.6) is 0 Å². The fraction of sp³-hybridized carbons (Fsp3) is 0.600. The van der Waals surface area contributed by atoms with Crippen LogP contribution in [-0.4, -0.2) is 17.3 Å². The average Bonchev–Trinajstić information content (AvgIpc) is 2.26. The Kier molecular flexibility index (Phi) is 4.34. The van der Waals surface area contributed by atoms with E-state index in [9.17, 15) is 5.11 Å². The maximum absolute atomic E-state index is 9.24. The van der Waals surface area contributed by atoms with Gasteiger partial charge in [-0.25, -0.2) is 0 Å². The fourth-order valence-electron chi connectivity index (χ4n) is 1.80. The van der Waals surface area contributed by atoms with Crippen LogP contribution in [0, 0.1) is 0 Å². The first-order valence-corrected chi connectivity index (χ1v) is 6.20. The lowest BCUT2D eigenvalue weighted by Gasteiger charge is -2.27. The molecule has 0 saturated heterocycles. The molecule has 0 amide bonds. The summed E-state index contributed by atoms with van der Waals surface area (Å²) >= 11 is 0. The summed E-state index contributed by atoms with van der Waals surface area (Å²) in [7, 11) is 0. The summed E-state index contributed by atoms with van der Waals surface area (Å²) < 4.78 is 0. The van der Waals surface area contributed by atoms with E-state index in [1.165, 1.54) is 11.1 Å². The lowest BCUT2D eigenvalue weighted by atomic mass is 9.83. The fourth-order valence-corrected chi connectivity index (χ4v) is 1.80. The van der Waals surface area contributed by atoms with Gasteiger partial charge in [-0.3, -0.25) is 0 Å². The highest BCUT2D eigenvalue weighted by molar-refractivity contribution is 5.32. The smallest absolute Gasteiger partial charge is 0.0607 e. The minimum atomic E-state index is -0.231. The zero-order chi connectivity index (χ0) is 13.1. The number of rotatable bonds is 4. The van der Waals surface area contributed by atoms with E-state index in [-0.39, 0.29) is 17.6 Å². The van der Waals surface area contributed by atoms with Crippen LogP contribution in [0.4, 0.5) is 0 Å². The second kappa shape index (κ2) is 5.19. The molecule has 0 heterocycles. The molecule has 0 aliphatic rings. The number of hydrogen-bond donors (Lipinski definition) is 2. The molecule has 0 fully saturated rings. The molecule has 1 aromatic carbocycles. The molecule has 17 heavy (non-hydrogen) atoms. The zero-order valence-electron chi connectivity index (χ0n) is 11.7. The summed E-state index contributed by atoms with van der Waals surface area (Å²) in [6, 6.07) is 8.49. The van der Waals surface area contributed by atoms with Gasteiger partial charge in [-0.1, -0.05) is 45.0 Å². The van der Waals surface area contributed by atoms with E-state index in [1.807, 2.05) is 13.8 Å². The first-order chi connectivity index (χ1) is 7.76. The maximum Gasteiger partial charge on any atom is 0.0607 e. The molecule has 1 rings (SSSR count). The average molecular weight is 235 g/mol. The van der Waals surface area contributed by atoms with E-state index in [2.05, 4.69) is 50.4 Å². The Labute approximate surface area is 105 Å². The van der Waals surface area contributed by atoms with Crippen molar-refractivity contribution in [1.29, 1.82) is 0 Å². The monoisotopic (exact) mass is 235 g/mol. The van der Waals surface area contributed by atoms with Gasteiger partial charge in [0.2, 0.25) is 0 Å². The van der Waals surface area contributed by atoms with Crippen molar-refractivity contribution in [3.05, 3.63) is 35.4 Å². The van der Waals surface area contributed by atoms with Crippen molar-refractivity contribution in [1.82, 2.24) is 5.32 Å². The normalized spacial score (nSPS) is 12.8. The predicted molar refractivity (Wildman–Crippen MR) is 73.1 cm³/mol. The van der Waals surface area contributed by atoms with Gasteiger partial charge in [0.05, 0.1) is 6.61 Å². The third-order valence-electron chi connectivity index (χ3n) is 2.98. The molecular formula is C15H25NO. The summed E-state index contributed by atoms with van der Waals surface area (Å²) in [6.07, 6.45) is 0. The molecule has 0 spiro atoms. The minimum absolute atomic E-state index is 0.144. The van der Waals surface area contributed by atoms with Crippen LogP contribution >= 0.6 is 0 Å². The highest BCUT2D eigenvalue weighted by Crippen LogP contribution is 2.25. The molecule has 2 nitrogen and oxygen atoms in total. The van der Waals surface area contributed by atoms with Gasteiger partial charge in [-0.15, -0.1) is 0 Å². The lowest BCUT2D eigenvalue weighted by molar-refractivity contribution is 0.187. The van der Waals surface area contributed by atoms with Crippen molar-refractivity contribution < 1.29 is 5.11 Å². The van der Waals surface area contributed by atoms with Crippen LogP contribution in [0.25, 0.3) is 0 Å². The second-order valence-electron chi connectivity index (χ2n) is 6.30. The van der Waals surface area contributed by atoms with Crippen LogP contribution in [0.15, 0.2) is 24.3 Å². The Morgan fingerprint density at radius 3 is 2.18 bits per heavy atom. The number of benzene rings is 1. The van der Waals surface area contributed by atoms with E-state index >= 15 is 0 Å². The number of hydrogen-bond acceptors (Lipinski definition) is 2. The largest absolute Gasteiger partial charge is 0.394 e. The quantitative estimate of drug-likeness (QED) is 0.841. The van der Waals surface area contributed by atoms with Gasteiger partial charge in [0.1, 0.15) is 0 Å². The maximum atomic E-state index is 9.24. The second-order valence-corrected chi connectivity index (χ2v) is 6.30. The van der Waals surface area contributed by atoms with Gasteiger partial charge in [-0.2, -0.15) is 0 Å². The Bertz CT molecular complexity index is 363. The third kappa shape index (κ3) is 4.14. The Balaban J connectivity index is 2.85. The zero-order valence-corrected chi connectivity index (χ0v) is 11.7. The SMILES string of the molecule is CC(C)(CO)NCc1ccccc1C(C)(C)C. The van der Waals surface area contributed by atoms with E-state index in [4.69, 9.17) is 0 Å². The van der Waals surface area contributed by atoms with Crippen molar-refractivity contribution in [2.45, 2.75) is 52.1 Å². The first kappa shape index (κ1) is 14.2. The molecular weight excluding hydrogens is 210 g/mol. The van der Waals surface area contributed by atoms with Crippen molar-refractivity contribution in [2.75, 3.05) is 6.61 Å². The van der Waals surface area contributed by atoms with Gasteiger partial charge in [0.25, 0.3) is 0 Å². The molecule has 0 bridgehead atoms. The molecule has 0 aliphatic heterocycles. The standard InChI is InChI=1S/C15H25NO/c1-14(2,3)13-9-7-6-8-12(13)10-16-15(4,5)11-17/h6-9,16-17H,10-11H2,1-5H3. The molecule has 0 unspecified atom stereocenters. The molecule has 96 valence electrons. The Morgan fingerprint density at radius 1 is 1.06 bits per heavy atom. The van der Waals surface area contributed by atoms with Crippen LogP contribution in [0.3, 0.4) is 0 Å². The summed E-state index contributed by atoms with van der Waals surface area (Å²) in [5.41, 5.74) is 2.59. The highest BCUT2D eigenvalue weighted by atomic mass is 16.3.